The predicted molar refractivity (Wildman–Crippen MR) is 78.3 cm³/mol. The highest BCUT2D eigenvalue weighted by atomic mass is 19.1. The SMILES string of the molecule is CCOCCCCNCCN(C)c1ccccc1F. The summed E-state index contributed by atoms with van der Waals surface area (Å²) in [5, 5.41) is 3.36. The lowest BCUT2D eigenvalue weighted by Crippen LogP contribution is -2.30. The van der Waals surface area contributed by atoms with E-state index in [0.717, 1.165) is 45.7 Å². The van der Waals surface area contributed by atoms with Crippen molar-refractivity contribution in [2.75, 3.05) is 44.8 Å². The van der Waals surface area contributed by atoms with E-state index in [1.807, 2.05) is 24.9 Å². The van der Waals surface area contributed by atoms with Crippen molar-refractivity contribution in [2.45, 2.75) is 19.8 Å². The summed E-state index contributed by atoms with van der Waals surface area (Å²) in [6.07, 6.45) is 2.20. The van der Waals surface area contributed by atoms with Gasteiger partial charge in [0.1, 0.15) is 5.82 Å². The van der Waals surface area contributed by atoms with E-state index in [0.29, 0.717) is 5.69 Å². The maximum atomic E-state index is 13.5. The van der Waals surface area contributed by atoms with E-state index < -0.39 is 0 Å². The number of para-hydroxylation sites is 1. The van der Waals surface area contributed by atoms with Gasteiger partial charge in [0.25, 0.3) is 0 Å². The molecule has 0 bridgehead atoms. The molecule has 3 nitrogen and oxygen atoms in total. The number of hydrogen-bond acceptors (Lipinski definition) is 3. The molecule has 0 unspecified atom stereocenters. The smallest absolute Gasteiger partial charge is 0.146 e. The molecule has 0 aliphatic heterocycles. The average Bonchev–Trinajstić information content (AvgIpc) is 2.42. The van der Waals surface area contributed by atoms with Crippen LogP contribution in [0.2, 0.25) is 0 Å². The van der Waals surface area contributed by atoms with Crippen molar-refractivity contribution in [3.8, 4) is 0 Å². The number of rotatable bonds is 10. The lowest BCUT2D eigenvalue weighted by atomic mass is 10.3. The van der Waals surface area contributed by atoms with Crippen LogP contribution in [0.15, 0.2) is 24.3 Å². The van der Waals surface area contributed by atoms with Crippen LogP contribution >= 0.6 is 0 Å². The number of likely N-dealkylation sites (N-methyl/N-ethyl adjacent to an activating group) is 1. The summed E-state index contributed by atoms with van der Waals surface area (Å²) in [5.41, 5.74) is 0.653. The normalized spacial score (nSPS) is 10.7. The van der Waals surface area contributed by atoms with Crippen molar-refractivity contribution in [1.29, 1.82) is 0 Å². The van der Waals surface area contributed by atoms with Crippen LogP contribution in [0.5, 0.6) is 0 Å². The molecule has 1 aromatic carbocycles. The van der Waals surface area contributed by atoms with Crippen LogP contribution in [0.25, 0.3) is 0 Å². The number of nitrogens with one attached hydrogen (secondary N) is 1. The summed E-state index contributed by atoms with van der Waals surface area (Å²) in [4.78, 5) is 1.93. The third kappa shape index (κ3) is 6.55. The Balaban J connectivity index is 2.08. The van der Waals surface area contributed by atoms with Crippen LogP contribution < -0.4 is 10.2 Å². The topological polar surface area (TPSA) is 24.5 Å². The van der Waals surface area contributed by atoms with Crippen molar-refractivity contribution in [3.63, 3.8) is 0 Å². The maximum absolute atomic E-state index is 13.5. The second-order valence-corrected chi connectivity index (χ2v) is 4.53. The minimum absolute atomic E-state index is 0.165. The molecule has 0 aromatic heterocycles. The van der Waals surface area contributed by atoms with Crippen LogP contribution in [0.3, 0.4) is 0 Å². The Morgan fingerprint density at radius 3 is 2.74 bits per heavy atom. The Labute approximate surface area is 115 Å². The lowest BCUT2D eigenvalue weighted by Gasteiger charge is -2.20. The van der Waals surface area contributed by atoms with Gasteiger partial charge in [0.2, 0.25) is 0 Å². The molecule has 108 valence electrons. The van der Waals surface area contributed by atoms with Crippen LogP contribution in [0.4, 0.5) is 10.1 Å². The molecule has 0 aliphatic rings. The summed E-state index contributed by atoms with van der Waals surface area (Å²) in [5.74, 6) is -0.165. The average molecular weight is 268 g/mol. The number of anilines is 1. The quantitative estimate of drug-likeness (QED) is 0.660. The molecule has 0 amide bonds. The highest BCUT2D eigenvalue weighted by molar-refractivity contribution is 5.46. The highest BCUT2D eigenvalue weighted by Gasteiger charge is 2.05. The largest absolute Gasteiger partial charge is 0.382 e. The number of nitrogens with zero attached hydrogens (tertiary/aromatic N) is 1. The summed E-state index contributed by atoms with van der Waals surface area (Å²) >= 11 is 0. The van der Waals surface area contributed by atoms with Gasteiger partial charge < -0.3 is 15.0 Å². The van der Waals surface area contributed by atoms with Crippen LogP contribution in [0, 0.1) is 5.82 Å². The Morgan fingerprint density at radius 1 is 1.21 bits per heavy atom. The van der Waals surface area contributed by atoms with E-state index in [4.69, 9.17) is 4.74 Å². The standard InChI is InChI=1S/C15H25FN2O/c1-3-19-13-7-6-10-17-11-12-18(2)15-9-5-4-8-14(15)16/h4-5,8-9,17H,3,6-7,10-13H2,1-2H3. The zero-order valence-corrected chi connectivity index (χ0v) is 12.0. The van der Waals surface area contributed by atoms with Gasteiger partial charge in [-0.25, -0.2) is 4.39 Å². The molecule has 0 fully saturated rings. The fraction of sp³-hybridized carbons (Fsp3) is 0.600. The lowest BCUT2D eigenvalue weighted by molar-refractivity contribution is 0.143. The molecule has 1 rings (SSSR count). The van der Waals surface area contributed by atoms with E-state index in [-0.39, 0.29) is 5.82 Å². The molecule has 1 N–H and O–H groups in total. The maximum Gasteiger partial charge on any atom is 0.146 e. The Morgan fingerprint density at radius 2 is 2.00 bits per heavy atom. The zero-order chi connectivity index (χ0) is 13.9. The minimum atomic E-state index is -0.165. The van der Waals surface area contributed by atoms with Crippen LogP contribution in [-0.2, 0) is 4.74 Å². The molecule has 0 saturated heterocycles. The predicted octanol–water partition coefficient (Wildman–Crippen LogP) is 2.67. The first-order valence-electron chi connectivity index (χ1n) is 6.99. The first-order valence-corrected chi connectivity index (χ1v) is 6.99. The molecule has 1 aromatic rings. The number of ether oxygens (including phenoxy) is 1. The van der Waals surface area contributed by atoms with Gasteiger partial charge >= 0.3 is 0 Å². The van der Waals surface area contributed by atoms with Gasteiger partial charge in [-0.15, -0.1) is 0 Å². The van der Waals surface area contributed by atoms with Crippen LogP contribution in [0.1, 0.15) is 19.8 Å². The van der Waals surface area contributed by atoms with E-state index in [1.54, 1.807) is 12.1 Å². The first-order chi connectivity index (χ1) is 9.25. The molecule has 0 saturated carbocycles. The first kappa shape index (κ1) is 15.9. The Bertz CT molecular complexity index is 347. The Kier molecular flexibility index (Phi) is 8.18. The highest BCUT2D eigenvalue weighted by Crippen LogP contribution is 2.16. The van der Waals surface area contributed by atoms with Gasteiger partial charge in [-0.1, -0.05) is 12.1 Å². The van der Waals surface area contributed by atoms with Crippen LogP contribution in [-0.4, -0.2) is 39.9 Å². The molecule has 0 aliphatic carbocycles. The minimum Gasteiger partial charge on any atom is -0.382 e. The summed E-state index contributed by atoms with van der Waals surface area (Å²) < 4.78 is 18.8. The molecule has 0 spiro atoms. The third-order valence-corrected chi connectivity index (χ3v) is 2.98. The number of unbranched alkanes of at least 4 members (excludes halogenated alkanes) is 1. The van der Waals surface area contributed by atoms with Gasteiger partial charge in [0.15, 0.2) is 0 Å². The van der Waals surface area contributed by atoms with Gasteiger partial charge in [-0.05, 0) is 38.4 Å². The molecular weight excluding hydrogens is 243 g/mol. The molecular formula is C15H25FN2O. The number of halogens is 1. The van der Waals surface area contributed by atoms with E-state index in [2.05, 4.69) is 5.32 Å². The summed E-state index contributed by atoms with van der Waals surface area (Å²) in [7, 11) is 1.91. The fourth-order valence-corrected chi connectivity index (χ4v) is 1.85. The summed E-state index contributed by atoms with van der Waals surface area (Å²) in [6.45, 7) is 6.29. The third-order valence-electron chi connectivity index (χ3n) is 2.98. The number of hydrogen-bond donors (Lipinski definition) is 1. The summed E-state index contributed by atoms with van der Waals surface area (Å²) in [6, 6.07) is 6.86. The van der Waals surface area contributed by atoms with E-state index in [1.165, 1.54) is 6.07 Å². The van der Waals surface area contributed by atoms with E-state index in [9.17, 15) is 4.39 Å². The molecule has 4 heteroatoms. The molecule has 0 atom stereocenters. The monoisotopic (exact) mass is 268 g/mol. The van der Waals surface area contributed by atoms with Crippen molar-refractivity contribution in [3.05, 3.63) is 30.1 Å². The second-order valence-electron chi connectivity index (χ2n) is 4.53. The zero-order valence-electron chi connectivity index (χ0n) is 12.0. The van der Waals surface area contributed by atoms with E-state index >= 15 is 0 Å². The molecule has 0 radical (unpaired) electrons. The Hall–Kier alpha value is -1.13. The van der Waals surface area contributed by atoms with Crippen molar-refractivity contribution in [1.82, 2.24) is 5.32 Å². The van der Waals surface area contributed by atoms with Crippen molar-refractivity contribution in [2.24, 2.45) is 0 Å². The van der Waals surface area contributed by atoms with Crippen molar-refractivity contribution >= 4 is 5.69 Å². The van der Waals surface area contributed by atoms with Gasteiger partial charge in [-0.3, -0.25) is 0 Å². The van der Waals surface area contributed by atoms with Gasteiger partial charge in [0.05, 0.1) is 5.69 Å². The fourth-order valence-electron chi connectivity index (χ4n) is 1.85. The second kappa shape index (κ2) is 9.75. The van der Waals surface area contributed by atoms with Gasteiger partial charge in [0, 0.05) is 33.4 Å². The number of benzene rings is 1. The molecule has 19 heavy (non-hydrogen) atoms. The van der Waals surface area contributed by atoms with Gasteiger partial charge in [-0.2, -0.15) is 0 Å². The molecule has 0 heterocycles. The van der Waals surface area contributed by atoms with Crippen molar-refractivity contribution < 1.29 is 9.13 Å².